The second kappa shape index (κ2) is 12.3. The van der Waals surface area contributed by atoms with Crippen molar-refractivity contribution in [3.63, 3.8) is 0 Å². The summed E-state index contributed by atoms with van der Waals surface area (Å²) in [7, 11) is 1.70. The van der Waals surface area contributed by atoms with Gasteiger partial charge in [-0.25, -0.2) is 19.9 Å². The molecule has 1 aliphatic rings. The van der Waals surface area contributed by atoms with E-state index in [0.717, 1.165) is 22.0 Å². The number of nitrogens with one attached hydrogen (secondary N) is 2. The zero-order chi connectivity index (χ0) is 29.0. The lowest BCUT2D eigenvalue weighted by Gasteiger charge is -2.34. The number of benzene rings is 1. The van der Waals surface area contributed by atoms with Crippen molar-refractivity contribution in [3.05, 3.63) is 66.4 Å². The summed E-state index contributed by atoms with van der Waals surface area (Å²) in [4.78, 5) is 25.5. The van der Waals surface area contributed by atoms with Crippen molar-refractivity contribution in [3.8, 4) is 11.3 Å². The first-order valence-corrected chi connectivity index (χ1v) is 13.4. The molecule has 0 spiro atoms. The molecule has 10 nitrogen and oxygen atoms in total. The van der Waals surface area contributed by atoms with Crippen LogP contribution in [-0.4, -0.2) is 87.4 Å². The maximum absolute atomic E-state index is 12.7. The highest BCUT2D eigenvalue weighted by Gasteiger charge is 2.32. The number of aromatic nitrogens is 5. The average Bonchev–Trinajstić information content (AvgIpc) is 2.98. The number of anilines is 2. The van der Waals surface area contributed by atoms with Gasteiger partial charge in [-0.3, -0.25) is 15.2 Å². The van der Waals surface area contributed by atoms with Gasteiger partial charge in [-0.2, -0.15) is 13.2 Å². The SMILES string of the molecule is CNC(O)c1ccnc2c([C@H](C)CNc3cc(-c4cnc(N5CCN(CC(F)(F)F)CC5)nc4)ncn3)cccc12. The van der Waals surface area contributed by atoms with Gasteiger partial charge in [0, 0.05) is 79.8 Å². The fourth-order valence-corrected chi connectivity index (χ4v) is 4.97. The summed E-state index contributed by atoms with van der Waals surface area (Å²) in [6.45, 7) is 3.26. The first kappa shape index (κ1) is 28.6. The number of hydrogen-bond donors (Lipinski definition) is 3. The number of fused-ring (bicyclic) bond motifs is 1. The van der Waals surface area contributed by atoms with Crippen LogP contribution in [0.25, 0.3) is 22.2 Å². The summed E-state index contributed by atoms with van der Waals surface area (Å²) in [5.74, 6) is 1.22. The average molecular weight is 568 g/mol. The molecule has 0 aliphatic carbocycles. The van der Waals surface area contributed by atoms with E-state index in [0.29, 0.717) is 55.7 Å². The van der Waals surface area contributed by atoms with E-state index in [4.69, 9.17) is 0 Å². The molecule has 0 bridgehead atoms. The highest BCUT2D eigenvalue weighted by molar-refractivity contribution is 5.85. The molecule has 1 aromatic carbocycles. The van der Waals surface area contributed by atoms with Gasteiger partial charge in [0.25, 0.3) is 0 Å². The lowest BCUT2D eigenvalue weighted by atomic mass is 9.96. The molecule has 41 heavy (non-hydrogen) atoms. The van der Waals surface area contributed by atoms with E-state index in [-0.39, 0.29) is 5.92 Å². The smallest absolute Gasteiger partial charge is 0.374 e. The van der Waals surface area contributed by atoms with E-state index < -0.39 is 18.9 Å². The van der Waals surface area contributed by atoms with Gasteiger partial charge in [0.05, 0.1) is 17.8 Å². The Kier molecular flexibility index (Phi) is 8.57. The highest BCUT2D eigenvalue weighted by Crippen LogP contribution is 2.29. The maximum atomic E-state index is 12.7. The summed E-state index contributed by atoms with van der Waals surface area (Å²) in [6.07, 6.45) is 1.53. The van der Waals surface area contributed by atoms with Gasteiger partial charge in [-0.1, -0.05) is 25.1 Å². The van der Waals surface area contributed by atoms with Crippen LogP contribution in [0.4, 0.5) is 24.9 Å². The molecule has 0 radical (unpaired) electrons. The Bertz CT molecular complexity index is 1460. The van der Waals surface area contributed by atoms with E-state index in [1.165, 1.54) is 11.2 Å². The van der Waals surface area contributed by atoms with Crippen LogP contribution in [-0.2, 0) is 0 Å². The molecule has 1 aliphatic heterocycles. The molecule has 1 unspecified atom stereocenters. The highest BCUT2D eigenvalue weighted by atomic mass is 19.4. The van der Waals surface area contributed by atoms with Crippen LogP contribution in [0, 0.1) is 0 Å². The Labute approximate surface area is 235 Å². The molecule has 3 N–H and O–H groups in total. The minimum Gasteiger partial charge on any atom is -0.374 e. The number of halogens is 3. The number of pyridine rings is 1. The molecule has 216 valence electrons. The number of nitrogens with zero attached hydrogens (tertiary/aromatic N) is 7. The number of hydrogen-bond acceptors (Lipinski definition) is 10. The van der Waals surface area contributed by atoms with Crippen LogP contribution in [0.3, 0.4) is 0 Å². The molecule has 4 aromatic rings. The quantitative estimate of drug-likeness (QED) is 0.259. The molecule has 1 fully saturated rings. The summed E-state index contributed by atoms with van der Waals surface area (Å²) < 4.78 is 38.0. The van der Waals surface area contributed by atoms with Gasteiger partial charge in [-0.05, 0) is 18.7 Å². The van der Waals surface area contributed by atoms with Crippen LogP contribution in [0.15, 0.2) is 55.2 Å². The minimum atomic E-state index is -4.20. The van der Waals surface area contributed by atoms with Crippen LogP contribution in [0.1, 0.15) is 30.2 Å². The number of aliphatic hydroxyl groups is 1. The van der Waals surface area contributed by atoms with E-state index >= 15 is 0 Å². The topological polar surface area (TPSA) is 115 Å². The third-order valence-electron chi connectivity index (χ3n) is 7.18. The molecular weight excluding hydrogens is 535 g/mol. The molecule has 0 amide bonds. The Morgan fingerprint density at radius 1 is 0.976 bits per heavy atom. The van der Waals surface area contributed by atoms with Gasteiger partial charge in [0.1, 0.15) is 18.4 Å². The van der Waals surface area contributed by atoms with Crippen molar-refractivity contribution in [2.45, 2.75) is 25.2 Å². The molecule has 5 rings (SSSR count). The fourth-order valence-electron chi connectivity index (χ4n) is 4.97. The van der Waals surface area contributed by atoms with Gasteiger partial charge in [-0.15, -0.1) is 0 Å². The predicted molar refractivity (Wildman–Crippen MR) is 150 cm³/mol. The minimum absolute atomic E-state index is 0.0887. The fraction of sp³-hybridized carbons (Fsp3) is 0.393. The van der Waals surface area contributed by atoms with Crippen LogP contribution >= 0.6 is 0 Å². The van der Waals surface area contributed by atoms with E-state index in [9.17, 15) is 18.3 Å². The number of piperazine rings is 1. The van der Waals surface area contributed by atoms with E-state index in [1.807, 2.05) is 35.2 Å². The first-order valence-electron chi connectivity index (χ1n) is 13.4. The lowest BCUT2D eigenvalue weighted by molar-refractivity contribution is -0.146. The molecule has 3 aromatic heterocycles. The molecule has 2 atom stereocenters. The maximum Gasteiger partial charge on any atom is 0.401 e. The summed E-state index contributed by atoms with van der Waals surface area (Å²) in [5.41, 5.74) is 4.02. The third kappa shape index (κ3) is 6.87. The van der Waals surface area contributed by atoms with Crippen molar-refractivity contribution >= 4 is 22.7 Å². The Morgan fingerprint density at radius 2 is 1.73 bits per heavy atom. The standard InChI is InChI=1S/C28H32F3N9O/c1-18(20-4-3-5-21-22(26(41)32-2)6-7-33-25(20)21)13-34-24-12-23(37-17-38-24)19-14-35-27(36-15-19)40-10-8-39(9-11-40)16-28(29,30)31/h3-7,12,14-15,17-18,26,32,41H,8-11,13,16H2,1-2H3,(H,34,37,38)/t18-,26?/m1/s1. The van der Waals surface area contributed by atoms with Crippen molar-refractivity contribution in [2.24, 2.45) is 0 Å². The van der Waals surface area contributed by atoms with Gasteiger partial charge in [0.15, 0.2) is 0 Å². The van der Waals surface area contributed by atoms with Crippen molar-refractivity contribution in [2.75, 3.05) is 56.5 Å². The Hall–Kier alpha value is -3.94. The largest absolute Gasteiger partial charge is 0.401 e. The van der Waals surface area contributed by atoms with E-state index in [1.54, 1.807) is 25.6 Å². The Balaban J connectivity index is 1.23. The second-order valence-electron chi connectivity index (χ2n) is 10.1. The van der Waals surface area contributed by atoms with Gasteiger partial charge < -0.3 is 15.3 Å². The van der Waals surface area contributed by atoms with Gasteiger partial charge >= 0.3 is 6.18 Å². The van der Waals surface area contributed by atoms with Gasteiger partial charge in [0.2, 0.25) is 5.95 Å². The zero-order valence-electron chi connectivity index (χ0n) is 22.8. The number of aliphatic hydroxyl groups excluding tert-OH is 1. The van der Waals surface area contributed by atoms with E-state index in [2.05, 4.69) is 42.5 Å². The Morgan fingerprint density at radius 3 is 2.44 bits per heavy atom. The molecular formula is C28H32F3N9O. The summed E-state index contributed by atoms with van der Waals surface area (Å²) in [5, 5.41) is 17.5. The number of rotatable bonds is 9. The second-order valence-corrected chi connectivity index (χ2v) is 10.1. The third-order valence-corrected chi connectivity index (χ3v) is 7.18. The monoisotopic (exact) mass is 567 g/mol. The van der Waals surface area contributed by atoms with Crippen LogP contribution < -0.4 is 15.5 Å². The molecule has 4 heterocycles. The first-order chi connectivity index (χ1) is 19.7. The summed E-state index contributed by atoms with van der Waals surface area (Å²) in [6, 6.07) is 9.60. The normalized spacial score (nSPS) is 16.1. The molecule has 1 saturated heterocycles. The van der Waals surface area contributed by atoms with Crippen molar-refractivity contribution < 1.29 is 18.3 Å². The zero-order valence-corrected chi connectivity index (χ0v) is 22.8. The predicted octanol–water partition coefficient (Wildman–Crippen LogP) is 3.59. The molecule has 13 heteroatoms. The van der Waals surface area contributed by atoms with Crippen LogP contribution in [0.2, 0.25) is 0 Å². The van der Waals surface area contributed by atoms with Crippen molar-refractivity contribution in [1.29, 1.82) is 0 Å². The molecule has 0 saturated carbocycles. The van der Waals surface area contributed by atoms with Crippen LogP contribution in [0.5, 0.6) is 0 Å². The number of alkyl halides is 3. The summed E-state index contributed by atoms with van der Waals surface area (Å²) >= 11 is 0. The van der Waals surface area contributed by atoms with Crippen molar-refractivity contribution in [1.82, 2.24) is 35.1 Å². The lowest BCUT2D eigenvalue weighted by Crippen LogP contribution is -2.49. The number of para-hydroxylation sites is 1.